The van der Waals surface area contributed by atoms with Crippen molar-refractivity contribution in [2.75, 3.05) is 32.7 Å². The average Bonchev–Trinajstić information content (AvgIpc) is 3.00. The minimum absolute atomic E-state index is 0.235. The Bertz CT molecular complexity index is 1030. The van der Waals surface area contributed by atoms with Crippen LogP contribution in [0.5, 0.6) is 0 Å². The Labute approximate surface area is 186 Å². The summed E-state index contributed by atoms with van der Waals surface area (Å²) in [7, 11) is 0. The maximum atomic E-state index is 13.9. The molecule has 8 heteroatoms. The molecule has 2 fully saturated rings. The fourth-order valence-corrected chi connectivity index (χ4v) is 4.18. The van der Waals surface area contributed by atoms with Crippen LogP contribution in [0, 0.1) is 12.7 Å². The number of urea groups is 1. The van der Waals surface area contributed by atoms with Crippen LogP contribution in [0.2, 0.25) is 0 Å². The summed E-state index contributed by atoms with van der Waals surface area (Å²) in [5, 5.41) is 2.74. The summed E-state index contributed by atoms with van der Waals surface area (Å²) in [5.74, 6) is -0.939. The van der Waals surface area contributed by atoms with Crippen molar-refractivity contribution < 1.29 is 18.8 Å². The second-order valence-electron chi connectivity index (χ2n) is 8.56. The number of hydrogen-bond donors (Lipinski definition) is 1. The second-order valence-corrected chi connectivity index (χ2v) is 8.56. The Kier molecular flexibility index (Phi) is 5.97. The highest BCUT2D eigenvalue weighted by Gasteiger charge is 2.49. The number of halogens is 1. The number of amides is 4. The highest BCUT2D eigenvalue weighted by atomic mass is 19.1. The van der Waals surface area contributed by atoms with Crippen molar-refractivity contribution in [3.05, 3.63) is 71.0 Å². The van der Waals surface area contributed by atoms with Crippen molar-refractivity contribution in [2.24, 2.45) is 0 Å². The molecule has 0 aliphatic carbocycles. The summed E-state index contributed by atoms with van der Waals surface area (Å²) in [5.41, 5.74) is 1.17. The number of hydrogen-bond acceptors (Lipinski definition) is 4. The highest BCUT2D eigenvalue weighted by molar-refractivity contribution is 6.09. The first-order valence-corrected chi connectivity index (χ1v) is 10.7. The zero-order valence-corrected chi connectivity index (χ0v) is 18.3. The number of nitrogens with zero attached hydrogens (tertiary/aromatic N) is 3. The molecule has 2 heterocycles. The van der Waals surface area contributed by atoms with E-state index < -0.39 is 17.5 Å². The Morgan fingerprint density at radius 2 is 1.69 bits per heavy atom. The summed E-state index contributed by atoms with van der Waals surface area (Å²) >= 11 is 0. The number of nitrogens with one attached hydrogen (secondary N) is 1. The van der Waals surface area contributed by atoms with Gasteiger partial charge in [-0.15, -0.1) is 0 Å². The maximum Gasteiger partial charge on any atom is 0.325 e. The molecule has 2 saturated heterocycles. The third-order valence-electron chi connectivity index (χ3n) is 6.27. The van der Waals surface area contributed by atoms with Crippen LogP contribution in [0.3, 0.4) is 0 Å². The Morgan fingerprint density at radius 3 is 2.34 bits per heavy atom. The molecular formula is C24H27FN4O3. The number of carbonyl (C=O) groups excluding carboxylic acids is 3. The van der Waals surface area contributed by atoms with Gasteiger partial charge < -0.3 is 10.2 Å². The molecule has 1 N–H and O–H groups in total. The molecule has 0 spiro atoms. The van der Waals surface area contributed by atoms with Gasteiger partial charge in [-0.3, -0.25) is 19.4 Å². The first kappa shape index (κ1) is 22.0. The van der Waals surface area contributed by atoms with Gasteiger partial charge in [0, 0.05) is 38.3 Å². The van der Waals surface area contributed by atoms with Crippen molar-refractivity contribution >= 4 is 17.8 Å². The van der Waals surface area contributed by atoms with E-state index in [2.05, 4.69) is 10.2 Å². The van der Waals surface area contributed by atoms with Crippen LogP contribution in [0.1, 0.15) is 23.6 Å². The van der Waals surface area contributed by atoms with Crippen molar-refractivity contribution in [1.82, 2.24) is 20.0 Å². The molecular weight excluding hydrogens is 411 g/mol. The van der Waals surface area contributed by atoms with Crippen LogP contribution < -0.4 is 5.32 Å². The Hall–Kier alpha value is -3.26. The van der Waals surface area contributed by atoms with E-state index in [1.807, 2.05) is 31.2 Å². The zero-order valence-electron chi connectivity index (χ0n) is 18.3. The van der Waals surface area contributed by atoms with Gasteiger partial charge in [0.1, 0.15) is 17.9 Å². The molecule has 2 aromatic rings. The van der Waals surface area contributed by atoms with Crippen LogP contribution in [-0.4, -0.2) is 65.3 Å². The minimum Gasteiger partial charge on any atom is -0.339 e. The van der Waals surface area contributed by atoms with E-state index in [4.69, 9.17) is 0 Å². The van der Waals surface area contributed by atoms with Crippen molar-refractivity contribution in [1.29, 1.82) is 0 Å². The quantitative estimate of drug-likeness (QED) is 0.727. The van der Waals surface area contributed by atoms with E-state index in [1.165, 1.54) is 6.07 Å². The van der Waals surface area contributed by atoms with Crippen LogP contribution in [-0.2, 0) is 21.7 Å². The lowest BCUT2D eigenvalue weighted by Gasteiger charge is -2.35. The van der Waals surface area contributed by atoms with E-state index in [0.29, 0.717) is 43.9 Å². The van der Waals surface area contributed by atoms with E-state index in [-0.39, 0.29) is 18.3 Å². The first-order valence-electron chi connectivity index (χ1n) is 10.7. The summed E-state index contributed by atoms with van der Waals surface area (Å²) in [6.07, 6.45) is 0. The Morgan fingerprint density at radius 1 is 1.03 bits per heavy atom. The van der Waals surface area contributed by atoms with Gasteiger partial charge in [0.2, 0.25) is 5.91 Å². The average molecular weight is 439 g/mol. The molecule has 4 amide bonds. The SMILES string of the molecule is Cc1ccc([C@]2(C)NC(=O)N(CC(=O)N3CCN(Cc4ccccc4F)CC3)C2=O)cc1. The van der Waals surface area contributed by atoms with Gasteiger partial charge in [-0.25, -0.2) is 9.18 Å². The molecule has 0 aromatic heterocycles. The summed E-state index contributed by atoms with van der Waals surface area (Å²) in [4.78, 5) is 43.1. The Balaban J connectivity index is 1.35. The van der Waals surface area contributed by atoms with E-state index >= 15 is 0 Å². The molecule has 0 unspecified atom stereocenters. The van der Waals surface area contributed by atoms with Crippen LogP contribution in [0.15, 0.2) is 48.5 Å². The summed E-state index contributed by atoms with van der Waals surface area (Å²) in [6.45, 7) is 5.92. The van der Waals surface area contributed by atoms with Gasteiger partial charge in [-0.2, -0.15) is 0 Å². The molecule has 2 aliphatic heterocycles. The normalized spacial score (nSPS) is 21.7. The lowest BCUT2D eigenvalue weighted by Crippen LogP contribution is -2.51. The van der Waals surface area contributed by atoms with Gasteiger partial charge in [0.25, 0.3) is 5.91 Å². The summed E-state index contributed by atoms with van der Waals surface area (Å²) < 4.78 is 13.9. The van der Waals surface area contributed by atoms with Crippen molar-refractivity contribution in [3.63, 3.8) is 0 Å². The largest absolute Gasteiger partial charge is 0.339 e. The smallest absolute Gasteiger partial charge is 0.325 e. The number of piperazine rings is 1. The minimum atomic E-state index is -1.19. The third-order valence-corrected chi connectivity index (χ3v) is 6.27. The van der Waals surface area contributed by atoms with E-state index in [9.17, 15) is 18.8 Å². The van der Waals surface area contributed by atoms with Gasteiger partial charge >= 0.3 is 6.03 Å². The van der Waals surface area contributed by atoms with Crippen LogP contribution in [0.25, 0.3) is 0 Å². The molecule has 0 saturated carbocycles. The monoisotopic (exact) mass is 438 g/mol. The van der Waals surface area contributed by atoms with E-state index in [1.54, 1.807) is 30.0 Å². The fourth-order valence-electron chi connectivity index (χ4n) is 4.18. The van der Waals surface area contributed by atoms with Gasteiger partial charge in [-0.1, -0.05) is 48.0 Å². The standard InChI is InChI=1S/C24H27FN4O3/c1-17-7-9-19(10-8-17)24(2)22(31)29(23(32)26-24)16-21(30)28-13-11-27(12-14-28)15-18-5-3-4-6-20(18)25/h3-10H,11-16H2,1-2H3,(H,26,32)/t24-/m0/s1. The first-order chi connectivity index (χ1) is 15.3. The molecule has 168 valence electrons. The topological polar surface area (TPSA) is 73.0 Å². The fraction of sp³-hybridized carbons (Fsp3) is 0.375. The maximum absolute atomic E-state index is 13.9. The molecule has 2 aliphatic rings. The molecule has 0 radical (unpaired) electrons. The third kappa shape index (κ3) is 4.23. The molecule has 4 rings (SSSR count). The lowest BCUT2D eigenvalue weighted by molar-refractivity contribution is -0.140. The number of benzene rings is 2. The highest BCUT2D eigenvalue weighted by Crippen LogP contribution is 2.29. The summed E-state index contributed by atoms with van der Waals surface area (Å²) in [6, 6.07) is 13.5. The number of rotatable bonds is 5. The molecule has 2 aromatic carbocycles. The molecule has 32 heavy (non-hydrogen) atoms. The molecule has 1 atom stereocenters. The number of carbonyl (C=O) groups is 3. The second kappa shape index (κ2) is 8.70. The van der Waals surface area contributed by atoms with Crippen molar-refractivity contribution in [3.8, 4) is 0 Å². The number of aryl methyl sites for hydroxylation is 1. The zero-order chi connectivity index (χ0) is 22.9. The lowest BCUT2D eigenvalue weighted by atomic mass is 9.91. The molecule has 0 bridgehead atoms. The van der Waals surface area contributed by atoms with Gasteiger partial charge in [0.05, 0.1) is 0 Å². The van der Waals surface area contributed by atoms with Crippen LogP contribution >= 0.6 is 0 Å². The predicted molar refractivity (Wildman–Crippen MR) is 117 cm³/mol. The van der Waals surface area contributed by atoms with Crippen molar-refractivity contribution in [2.45, 2.75) is 25.9 Å². The van der Waals surface area contributed by atoms with Gasteiger partial charge in [-0.05, 0) is 25.5 Å². The van der Waals surface area contributed by atoms with Crippen LogP contribution in [0.4, 0.5) is 9.18 Å². The molecule has 7 nitrogen and oxygen atoms in total. The van der Waals surface area contributed by atoms with E-state index in [0.717, 1.165) is 10.5 Å². The number of imide groups is 1. The predicted octanol–water partition coefficient (Wildman–Crippen LogP) is 2.25. The van der Waals surface area contributed by atoms with Gasteiger partial charge in [0.15, 0.2) is 0 Å².